The quantitative estimate of drug-likeness (QED) is 0.366. The van der Waals surface area contributed by atoms with Crippen LogP contribution in [-0.4, -0.2) is 23.2 Å². The summed E-state index contributed by atoms with van der Waals surface area (Å²) in [5, 5.41) is 9.55. The van der Waals surface area contributed by atoms with E-state index in [0.29, 0.717) is 15.7 Å². The van der Waals surface area contributed by atoms with E-state index in [1.165, 1.54) is 11.8 Å². The van der Waals surface area contributed by atoms with Gasteiger partial charge >= 0.3 is 0 Å². The third-order valence-electron chi connectivity index (χ3n) is 4.54. The van der Waals surface area contributed by atoms with Gasteiger partial charge in [0.1, 0.15) is 6.33 Å². The lowest BCUT2D eigenvalue weighted by atomic mass is 10.2. The Balaban J connectivity index is 1.49. The van der Waals surface area contributed by atoms with Gasteiger partial charge in [-0.1, -0.05) is 59.3 Å². The van der Waals surface area contributed by atoms with Crippen molar-refractivity contribution in [3.63, 3.8) is 0 Å². The number of thioether (sulfide) groups is 1. The minimum absolute atomic E-state index is 0.280. The summed E-state index contributed by atoms with van der Waals surface area (Å²) in [4.78, 5) is 0.576. The van der Waals surface area contributed by atoms with Crippen molar-refractivity contribution in [2.75, 3.05) is 0 Å². The second-order valence-electron chi connectivity index (χ2n) is 6.71. The standard InChI is InChI=1S/C22H18ClN3O2S2/c1-16-5-9-20(10-6-16)30(27,28)21-11-7-17(8-12-21)14-29-22-25-24-15-26(22)19-4-2-3-18(23)13-19/h2-13,15H,14H2,1H3. The van der Waals surface area contributed by atoms with E-state index in [2.05, 4.69) is 10.2 Å². The Morgan fingerprint density at radius 2 is 1.63 bits per heavy atom. The maximum absolute atomic E-state index is 12.8. The Bertz CT molecular complexity index is 1270. The molecule has 3 aromatic carbocycles. The molecule has 4 aromatic rings. The number of benzene rings is 3. The third kappa shape index (κ3) is 4.43. The molecule has 0 amide bonds. The Morgan fingerprint density at radius 1 is 0.967 bits per heavy atom. The highest BCUT2D eigenvalue weighted by Gasteiger charge is 2.17. The van der Waals surface area contributed by atoms with Gasteiger partial charge in [0.25, 0.3) is 0 Å². The predicted molar refractivity (Wildman–Crippen MR) is 119 cm³/mol. The first kappa shape index (κ1) is 20.7. The van der Waals surface area contributed by atoms with Gasteiger partial charge in [-0.15, -0.1) is 10.2 Å². The van der Waals surface area contributed by atoms with Crippen LogP contribution in [0.3, 0.4) is 0 Å². The predicted octanol–water partition coefficient (Wildman–Crippen LogP) is 5.35. The van der Waals surface area contributed by atoms with Crippen molar-refractivity contribution < 1.29 is 8.42 Å². The first-order chi connectivity index (χ1) is 14.4. The molecular weight excluding hydrogens is 438 g/mol. The normalized spacial score (nSPS) is 11.5. The summed E-state index contributed by atoms with van der Waals surface area (Å²) in [6.07, 6.45) is 1.64. The zero-order chi connectivity index (χ0) is 21.1. The number of hydrogen-bond acceptors (Lipinski definition) is 5. The number of hydrogen-bond donors (Lipinski definition) is 0. The van der Waals surface area contributed by atoms with Gasteiger partial charge in [0.05, 0.1) is 15.5 Å². The molecule has 8 heteroatoms. The maximum Gasteiger partial charge on any atom is 0.206 e. The van der Waals surface area contributed by atoms with Gasteiger partial charge < -0.3 is 0 Å². The average Bonchev–Trinajstić information content (AvgIpc) is 3.22. The molecular formula is C22H18ClN3O2S2. The Hall–Kier alpha value is -2.61. The third-order valence-corrected chi connectivity index (χ3v) is 7.57. The molecule has 0 saturated heterocycles. The second kappa shape index (κ2) is 8.63. The van der Waals surface area contributed by atoms with Crippen molar-refractivity contribution in [3.05, 3.63) is 95.3 Å². The fraction of sp³-hybridized carbons (Fsp3) is 0.0909. The smallest absolute Gasteiger partial charge is 0.206 e. The molecule has 0 aliphatic carbocycles. The van der Waals surface area contributed by atoms with Crippen molar-refractivity contribution in [1.29, 1.82) is 0 Å². The highest BCUT2D eigenvalue weighted by molar-refractivity contribution is 7.98. The molecule has 1 aromatic heterocycles. The summed E-state index contributed by atoms with van der Waals surface area (Å²) in [7, 11) is -3.52. The van der Waals surface area contributed by atoms with Crippen LogP contribution in [0.5, 0.6) is 0 Å². The molecule has 0 aliphatic rings. The lowest BCUT2D eigenvalue weighted by molar-refractivity contribution is 0.596. The van der Waals surface area contributed by atoms with Gasteiger partial charge in [0.2, 0.25) is 9.84 Å². The number of nitrogens with zero attached hydrogens (tertiary/aromatic N) is 3. The van der Waals surface area contributed by atoms with E-state index in [1.807, 2.05) is 47.9 Å². The monoisotopic (exact) mass is 455 g/mol. The zero-order valence-corrected chi connectivity index (χ0v) is 18.5. The van der Waals surface area contributed by atoms with Crippen LogP contribution in [0.25, 0.3) is 5.69 Å². The summed E-state index contributed by atoms with van der Waals surface area (Å²) >= 11 is 7.60. The molecule has 1 heterocycles. The minimum atomic E-state index is -3.52. The van der Waals surface area contributed by atoms with Crippen LogP contribution in [0.4, 0.5) is 0 Å². The van der Waals surface area contributed by atoms with Crippen molar-refractivity contribution in [2.45, 2.75) is 27.6 Å². The van der Waals surface area contributed by atoms with Gasteiger partial charge in [-0.2, -0.15) is 0 Å². The topological polar surface area (TPSA) is 64.8 Å². The molecule has 0 bridgehead atoms. The largest absolute Gasteiger partial charge is 0.277 e. The summed E-state index contributed by atoms with van der Waals surface area (Å²) < 4.78 is 27.5. The van der Waals surface area contributed by atoms with Crippen LogP contribution >= 0.6 is 23.4 Å². The van der Waals surface area contributed by atoms with Gasteiger partial charge in [-0.3, -0.25) is 4.57 Å². The van der Waals surface area contributed by atoms with Crippen molar-refractivity contribution in [2.24, 2.45) is 0 Å². The van der Waals surface area contributed by atoms with E-state index in [9.17, 15) is 8.42 Å². The summed E-state index contributed by atoms with van der Waals surface area (Å²) in [6.45, 7) is 1.93. The van der Waals surface area contributed by atoms with Crippen molar-refractivity contribution in [1.82, 2.24) is 14.8 Å². The van der Waals surface area contributed by atoms with Crippen LogP contribution < -0.4 is 0 Å². The molecule has 4 rings (SSSR count). The molecule has 30 heavy (non-hydrogen) atoms. The fourth-order valence-electron chi connectivity index (χ4n) is 2.89. The summed E-state index contributed by atoms with van der Waals surface area (Å²) in [6, 6.07) is 21.3. The molecule has 0 fully saturated rings. The van der Waals surface area contributed by atoms with E-state index in [0.717, 1.165) is 22.0 Å². The van der Waals surface area contributed by atoms with E-state index < -0.39 is 9.84 Å². The number of rotatable bonds is 6. The molecule has 0 aliphatic heterocycles. The van der Waals surface area contributed by atoms with E-state index >= 15 is 0 Å². The van der Waals surface area contributed by atoms with Crippen LogP contribution in [0, 0.1) is 6.92 Å². The van der Waals surface area contributed by atoms with Gasteiger partial charge in [0.15, 0.2) is 5.16 Å². The Kier molecular flexibility index (Phi) is 5.94. The molecule has 0 N–H and O–H groups in total. The first-order valence-corrected chi connectivity index (χ1v) is 12.0. The zero-order valence-electron chi connectivity index (χ0n) is 16.1. The van der Waals surface area contributed by atoms with Crippen molar-refractivity contribution in [3.8, 4) is 5.69 Å². The van der Waals surface area contributed by atoms with Crippen LogP contribution in [-0.2, 0) is 15.6 Å². The molecule has 0 saturated carbocycles. The molecule has 152 valence electrons. The number of aryl methyl sites for hydroxylation is 1. The van der Waals surface area contributed by atoms with Crippen LogP contribution in [0.1, 0.15) is 11.1 Å². The lowest BCUT2D eigenvalue weighted by Crippen LogP contribution is -2.02. The average molecular weight is 456 g/mol. The van der Waals surface area contributed by atoms with E-state index in [1.54, 1.807) is 42.7 Å². The molecule has 0 spiro atoms. The number of sulfone groups is 1. The van der Waals surface area contributed by atoms with Crippen LogP contribution in [0.2, 0.25) is 5.02 Å². The highest BCUT2D eigenvalue weighted by atomic mass is 35.5. The second-order valence-corrected chi connectivity index (χ2v) is 10.0. The molecule has 5 nitrogen and oxygen atoms in total. The van der Waals surface area contributed by atoms with Gasteiger partial charge in [-0.05, 0) is 55.0 Å². The van der Waals surface area contributed by atoms with Crippen LogP contribution in [0.15, 0.2) is 94.1 Å². The minimum Gasteiger partial charge on any atom is -0.277 e. The molecule has 0 radical (unpaired) electrons. The van der Waals surface area contributed by atoms with Gasteiger partial charge in [0, 0.05) is 10.8 Å². The molecule has 0 atom stereocenters. The highest BCUT2D eigenvalue weighted by Crippen LogP contribution is 2.26. The lowest BCUT2D eigenvalue weighted by Gasteiger charge is -2.08. The first-order valence-electron chi connectivity index (χ1n) is 9.13. The van der Waals surface area contributed by atoms with E-state index in [4.69, 9.17) is 11.6 Å². The number of aromatic nitrogens is 3. The Labute approximate surface area is 184 Å². The van der Waals surface area contributed by atoms with Gasteiger partial charge in [-0.25, -0.2) is 8.42 Å². The summed E-state index contributed by atoms with van der Waals surface area (Å²) in [5.41, 5.74) is 2.89. The maximum atomic E-state index is 12.8. The van der Waals surface area contributed by atoms with E-state index in [-0.39, 0.29) is 4.90 Å². The number of halogens is 1. The fourth-order valence-corrected chi connectivity index (χ4v) is 5.22. The molecule has 0 unspecified atom stereocenters. The SMILES string of the molecule is Cc1ccc(S(=O)(=O)c2ccc(CSc3nncn3-c3cccc(Cl)c3)cc2)cc1. The Morgan fingerprint density at radius 3 is 2.30 bits per heavy atom. The van der Waals surface area contributed by atoms with Crippen molar-refractivity contribution >= 4 is 33.2 Å². The summed E-state index contributed by atoms with van der Waals surface area (Å²) in [5.74, 6) is 0.629.